The molecule has 0 radical (unpaired) electrons. The van der Waals surface area contributed by atoms with E-state index in [4.69, 9.17) is 11.6 Å². The maximum absolute atomic E-state index is 12.1. The molecule has 1 saturated heterocycles. The topological polar surface area (TPSA) is 70.2 Å². The Kier molecular flexibility index (Phi) is 5.83. The number of hydrogen-bond donors (Lipinski definition) is 2. The number of aromatic nitrogens is 2. The molecule has 2 heterocycles. The summed E-state index contributed by atoms with van der Waals surface area (Å²) in [5, 5.41) is 6.83. The van der Waals surface area contributed by atoms with Crippen molar-refractivity contribution in [3.8, 4) is 0 Å². The number of piperidine rings is 1. The molecule has 0 bridgehead atoms. The van der Waals surface area contributed by atoms with Crippen LogP contribution in [0.2, 0.25) is 5.15 Å². The summed E-state index contributed by atoms with van der Waals surface area (Å²) < 4.78 is 0. The van der Waals surface area contributed by atoms with Crippen molar-refractivity contribution in [3.63, 3.8) is 0 Å². The SMILES string of the molecule is CNc1c(Cl)ncnc1NC1CCN(C(=O)CC(C)C)CC1. The number of carbonyl (C=O) groups is 1. The molecule has 1 aromatic rings. The van der Waals surface area contributed by atoms with Crippen LogP contribution in [-0.2, 0) is 4.79 Å². The van der Waals surface area contributed by atoms with Gasteiger partial charge >= 0.3 is 0 Å². The third-order valence-electron chi connectivity index (χ3n) is 3.82. The van der Waals surface area contributed by atoms with E-state index in [1.54, 1.807) is 7.05 Å². The van der Waals surface area contributed by atoms with E-state index in [-0.39, 0.29) is 5.91 Å². The summed E-state index contributed by atoms with van der Waals surface area (Å²) in [5.74, 6) is 1.38. The van der Waals surface area contributed by atoms with Crippen molar-refractivity contribution in [2.75, 3.05) is 30.8 Å². The summed E-state index contributed by atoms with van der Waals surface area (Å²) in [5.41, 5.74) is 0.711. The third-order valence-corrected chi connectivity index (χ3v) is 4.11. The number of hydrogen-bond acceptors (Lipinski definition) is 5. The predicted molar refractivity (Wildman–Crippen MR) is 89.3 cm³/mol. The molecule has 122 valence electrons. The van der Waals surface area contributed by atoms with Gasteiger partial charge in [-0.05, 0) is 18.8 Å². The van der Waals surface area contributed by atoms with Crippen LogP contribution in [0.5, 0.6) is 0 Å². The monoisotopic (exact) mass is 325 g/mol. The minimum Gasteiger partial charge on any atom is -0.383 e. The van der Waals surface area contributed by atoms with Gasteiger partial charge in [0.25, 0.3) is 0 Å². The summed E-state index contributed by atoms with van der Waals surface area (Å²) in [6.45, 7) is 5.72. The van der Waals surface area contributed by atoms with Crippen molar-refractivity contribution in [1.82, 2.24) is 14.9 Å². The lowest BCUT2D eigenvalue weighted by Gasteiger charge is -2.33. The lowest BCUT2D eigenvalue weighted by atomic mass is 10.0. The average Bonchev–Trinajstić information content (AvgIpc) is 2.47. The van der Waals surface area contributed by atoms with Crippen LogP contribution in [0.1, 0.15) is 33.1 Å². The van der Waals surface area contributed by atoms with Crippen LogP contribution in [0, 0.1) is 5.92 Å². The van der Waals surface area contributed by atoms with E-state index in [2.05, 4.69) is 34.4 Å². The van der Waals surface area contributed by atoms with Crippen LogP contribution in [0.25, 0.3) is 0 Å². The molecular weight excluding hydrogens is 302 g/mol. The van der Waals surface area contributed by atoms with Gasteiger partial charge in [0.15, 0.2) is 11.0 Å². The van der Waals surface area contributed by atoms with Crippen LogP contribution < -0.4 is 10.6 Å². The summed E-state index contributed by atoms with van der Waals surface area (Å²) in [6.07, 6.45) is 3.90. The van der Waals surface area contributed by atoms with Crippen molar-refractivity contribution in [2.24, 2.45) is 5.92 Å². The molecule has 2 N–H and O–H groups in total. The molecule has 0 unspecified atom stereocenters. The van der Waals surface area contributed by atoms with Gasteiger partial charge in [-0.15, -0.1) is 0 Å². The van der Waals surface area contributed by atoms with Crippen LogP contribution in [0.15, 0.2) is 6.33 Å². The van der Waals surface area contributed by atoms with Crippen molar-refractivity contribution in [1.29, 1.82) is 0 Å². The first-order chi connectivity index (χ1) is 10.5. The Morgan fingerprint density at radius 1 is 1.41 bits per heavy atom. The molecule has 0 aromatic carbocycles. The van der Waals surface area contributed by atoms with Crippen molar-refractivity contribution in [3.05, 3.63) is 11.5 Å². The fraction of sp³-hybridized carbons (Fsp3) is 0.667. The molecular formula is C15H24ClN5O. The van der Waals surface area contributed by atoms with Gasteiger partial charge < -0.3 is 15.5 Å². The largest absolute Gasteiger partial charge is 0.383 e. The highest BCUT2D eigenvalue weighted by Gasteiger charge is 2.24. The number of amides is 1. The van der Waals surface area contributed by atoms with Gasteiger partial charge in [0.05, 0.1) is 0 Å². The summed E-state index contributed by atoms with van der Waals surface area (Å²) in [7, 11) is 1.79. The number of nitrogens with zero attached hydrogens (tertiary/aromatic N) is 3. The Morgan fingerprint density at radius 3 is 2.68 bits per heavy atom. The molecule has 1 amide bonds. The van der Waals surface area contributed by atoms with E-state index in [0.29, 0.717) is 29.2 Å². The molecule has 1 aromatic heterocycles. The van der Waals surface area contributed by atoms with Gasteiger partial charge in [0, 0.05) is 32.6 Å². The molecule has 0 atom stereocenters. The van der Waals surface area contributed by atoms with E-state index < -0.39 is 0 Å². The second-order valence-electron chi connectivity index (χ2n) is 6.04. The highest BCUT2D eigenvalue weighted by Crippen LogP contribution is 2.27. The second kappa shape index (κ2) is 7.63. The Hall–Kier alpha value is -1.56. The zero-order valence-electron chi connectivity index (χ0n) is 13.4. The van der Waals surface area contributed by atoms with E-state index in [1.807, 2.05) is 4.90 Å². The van der Waals surface area contributed by atoms with E-state index in [0.717, 1.165) is 31.7 Å². The zero-order chi connectivity index (χ0) is 16.1. The first-order valence-corrected chi connectivity index (χ1v) is 8.11. The number of anilines is 2. The molecule has 1 aliphatic rings. The van der Waals surface area contributed by atoms with Crippen molar-refractivity contribution in [2.45, 2.75) is 39.2 Å². The van der Waals surface area contributed by atoms with Crippen molar-refractivity contribution >= 4 is 29.0 Å². The van der Waals surface area contributed by atoms with Crippen LogP contribution >= 0.6 is 11.6 Å². The fourth-order valence-corrected chi connectivity index (χ4v) is 2.87. The lowest BCUT2D eigenvalue weighted by molar-refractivity contribution is -0.132. The van der Waals surface area contributed by atoms with E-state index >= 15 is 0 Å². The summed E-state index contributed by atoms with van der Waals surface area (Å²) in [6, 6.07) is 0.293. The summed E-state index contributed by atoms with van der Waals surface area (Å²) >= 11 is 6.05. The van der Waals surface area contributed by atoms with Gasteiger partial charge in [-0.2, -0.15) is 0 Å². The third kappa shape index (κ3) is 4.22. The Balaban J connectivity index is 1.90. The minimum absolute atomic E-state index is 0.259. The maximum Gasteiger partial charge on any atom is 0.222 e. The molecule has 2 rings (SSSR count). The number of nitrogens with one attached hydrogen (secondary N) is 2. The van der Waals surface area contributed by atoms with Crippen LogP contribution in [0.4, 0.5) is 11.5 Å². The van der Waals surface area contributed by atoms with E-state index in [9.17, 15) is 4.79 Å². The zero-order valence-corrected chi connectivity index (χ0v) is 14.2. The van der Waals surface area contributed by atoms with Gasteiger partial charge in [-0.3, -0.25) is 4.79 Å². The fourth-order valence-electron chi connectivity index (χ4n) is 2.64. The molecule has 0 aliphatic carbocycles. The number of likely N-dealkylation sites (tertiary alicyclic amines) is 1. The van der Waals surface area contributed by atoms with Crippen LogP contribution in [-0.4, -0.2) is 47.0 Å². The van der Waals surface area contributed by atoms with Gasteiger partial charge in [0.2, 0.25) is 5.91 Å². The molecule has 0 spiro atoms. The van der Waals surface area contributed by atoms with Crippen molar-refractivity contribution < 1.29 is 4.79 Å². The normalized spacial score (nSPS) is 16.0. The predicted octanol–water partition coefficient (Wildman–Crippen LogP) is 2.62. The Morgan fingerprint density at radius 2 is 2.09 bits per heavy atom. The highest BCUT2D eigenvalue weighted by atomic mass is 35.5. The maximum atomic E-state index is 12.1. The summed E-state index contributed by atoms with van der Waals surface area (Å²) in [4.78, 5) is 22.3. The van der Waals surface area contributed by atoms with Gasteiger partial charge in [0.1, 0.15) is 12.0 Å². The molecule has 22 heavy (non-hydrogen) atoms. The standard InChI is InChI=1S/C15H24ClN5O/c1-10(2)8-12(22)21-6-4-11(5-7-21)20-15-13(17-3)14(16)18-9-19-15/h9-11,17H,4-8H2,1-3H3,(H,18,19,20). The van der Waals surface area contributed by atoms with E-state index in [1.165, 1.54) is 6.33 Å². The number of halogens is 1. The van der Waals surface area contributed by atoms with Gasteiger partial charge in [-0.25, -0.2) is 9.97 Å². The molecule has 0 saturated carbocycles. The average molecular weight is 326 g/mol. The molecule has 1 aliphatic heterocycles. The molecule has 7 heteroatoms. The Bertz CT molecular complexity index is 515. The number of rotatable bonds is 5. The molecule has 1 fully saturated rings. The second-order valence-corrected chi connectivity index (χ2v) is 6.39. The highest BCUT2D eigenvalue weighted by molar-refractivity contribution is 6.32. The first-order valence-electron chi connectivity index (χ1n) is 7.73. The number of carbonyl (C=O) groups excluding carboxylic acids is 1. The smallest absolute Gasteiger partial charge is 0.222 e. The van der Waals surface area contributed by atoms with Gasteiger partial charge in [-0.1, -0.05) is 25.4 Å². The van der Waals surface area contributed by atoms with Crippen LogP contribution in [0.3, 0.4) is 0 Å². The lowest BCUT2D eigenvalue weighted by Crippen LogP contribution is -2.42. The quantitative estimate of drug-likeness (QED) is 0.814. The first kappa shape index (κ1) is 16.8. The minimum atomic E-state index is 0.259. The molecule has 6 nitrogen and oxygen atoms in total. The Labute approximate surface area is 136 Å².